The van der Waals surface area contributed by atoms with Crippen molar-refractivity contribution in [3.05, 3.63) is 5.28 Å². The molecule has 0 atom stereocenters. The summed E-state index contributed by atoms with van der Waals surface area (Å²) >= 11 is 5.93. The second-order valence-corrected chi connectivity index (χ2v) is 6.36. The van der Waals surface area contributed by atoms with Gasteiger partial charge in [-0.2, -0.15) is 15.0 Å². The van der Waals surface area contributed by atoms with Gasteiger partial charge in [0.05, 0.1) is 0 Å². The smallest absolute Gasteiger partial charge is 0.228 e. The van der Waals surface area contributed by atoms with Crippen LogP contribution in [0.15, 0.2) is 0 Å². The molecule has 1 aromatic heterocycles. The first-order valence-electron chi connectivity index (χ1n) is 8.06. The largest absolute Gasteiger partial charge is 0.354 e. The maximum Gasteiger partial charge on any atom is 0.228 e. The summed E-state index contributed by atoms with van der Waals surface area (Å²) in [5, 5.41) is 6.64. The third-order valence-corrected chi connectivity index (χ3v) is 4.28. The lowest BCUT2D eigenvalue weighted by Gasteiger charge is -2.26. The van der Waals surface area contributed by atoms with Gasteiger partial charge >= 0.3 is 0 Å². The molecule has 2 N–H and O–H groups in total. The second kappa shape index (κ2) is 8.37. The first-order valence-corrected chi connectivity index (χ1v) is 8.44. The molecular weight excluding hydrogens is 286 g/mol. The van der Waals surface area contributed by atoms with Crippen molar-refractivity contribution in [1.29, 1.82) is 0 Å². The number of hydrogen-bond acceptors (Lipinski definition) is 5. The Bertz CT molecular complexity index is 432. The van der Waals surface area contributed by atoms with Gasteiger partial charge in [-0.25, -0.2) is 0 Å². The van der Waals surface area contributed by atoms with Crippen LogP contribution in [0.4, 0.5) is 11.9 Å². The van der Waals surface area contributed by atoms with Crippen molar-refractivity contribution >= 4 is 23.5 Å². The van der Waals surface area contributed by atoms with E-state index < -0.39 is 0 Å². The molecule has 1 heterocycles. The number of hydrogen-bond donors (Lipinski definition) is 2. The SMILES string of the molecule is CCCNc1nc(Cl)nc(NCCC2CCC(C)CC2)n1. The van der Waals surface area contributed by atoms with Gasteiger partial charge in [0, 0.05) is 13.1 Å². The van der Waals surface area contributed by atoms with Crippen LogP contribution in [0.25, 0.3) is 0 Å². The molecule has 0 saturated heterocycles. The van der Waals surface area contributed by atoms with Crippen LogP contribution >= 0.6 is 11.6 Å². The average Bonchev–Trinajstić information content (AvgIpc) is 2.47. The molecule has 0 aliphatic heterocycles. The molecule has 0 amide bonds. The summed E-state index contributed by atoms with van der Waals surface area (Å²) in [4.78, 5) is 12.5. The zero-order valence-electron chi connectivity index (χ0n) is 13.0. The summed E-state index contributed by atoms with van der Waals surface area (Å²) in [6.45, 7) is 6.18. The highest BCUT2D eigenvalue weighted by atomic mass is 35.5. The van der Waals surface area contributed by atoms with Crippen LogP contribution in [-0.2, 0) is 0 Å². The number of nitrogens with one attached hydrogen (secondary N) is 2. The molecule has 6 heteroatoms. The quantitative estimate of drug-likeness (QED) is 0.797. The van der Waals surface area contributed by atoms with E-state index in [1.807, 2.05) is 0 Å². The van der Waals surface area contributed by atoms with Gasteiger partial charge in [-0.05, 0) is 36.3 Å². The molecule has 2 rings (SSSR count). The highest BCUT2D eigenvalue weighted by Crippen LogP contribution is 2.30. The van der Waals surface area contributed by atoms with Crippen molar-refractivity contribution in [1.82, 2.24) is 15.0 Å². The predicted molar refractivity (Wildman–Crippen MR) is 87.8 cm³/mol. The summed E-state index contributed by atoms with van der Waals surface area (Å²) in [7, 11) is 0. The Kier molecular flexibility index (Phi) is 6.49. The Labute approximate surface area is 132 Å². The minimum Gasteiger partial charge on any atom is -0.354 e. The minimum absolute atomic E-state index is 0.234. The van der Waals surface area contributed by atoms with Crippen LogP contribution in [0.5, 0.6) is 0 Å². The van der Waals surface area contributed by atoms with E-state index in [0.29, 0.717) is 11.9 Å². The van der Waals surface area contributed by atoms with Crippen molar-refractivity contribution < 1.29 is 0 Å². The van der Waals surface area contributed by atoms with Gasteiger partial charge in [0.2, 0.25) is 17.2 Å². The molecule has 5 nitrogen and oxygen atoms in total. The van der Waals surface area contributed by atoms with Crippen LogP contribution < -0.4 is 10.6 Å². The lowest BCUT2D eigenvalue weighted by molar-refractivity contribution is 0.282. The summed E-state index contributed by atoms with van der Waals surface area (Å²) < 4.78 is 0. The lowest BCUT2D eigenvalue weighted by Crippen LogP contribution is -2.17. The molecule has 118 valence electrons. The van der Waals surface area contributed by atoms with Crippen molar-refractivity contribution in [3.63, 3.8) is 0 Å². The summed E-state index contributed by atoms with van der Waals surface area (Å²) in [6.07, 6.45) is 7.63. The van der Waals surface area contributed by atoms with E-state index >= 15 is 0 Å². The molecule has 0 aromatic carbocycles. The highest BCUT2D eigenvalue weighted by Gasteiger charge is 2.17. The van der Waals surface area contributed by atoms with Gasteiger partial charge < -0.3 is 10.6 Å². The molecule has 1 saturated carbocycles. The second-order valence-electron chi connectivity index (χ2n) is 6.02. The molecule has 1 aromatic rings. The average molecular weight is 312 g/mol. The Morgan fingerprint density at radius 2 is 1.62 bits per heavy atom. The number of rotatable bonds is 7. The maximum absolute atomic E-state index is 5.93. The first kappa shape index (κ1) is 16.3. The van der Waals surface area contributed by atoms with E-state index in [9.17, 15) is 0 Å². The van der Waals surface area contributed by atoms with Gasteiger partial charge in [-0.1, -0.05) is 39.5 Å². The third kappa shape index (κ3) is 5.65. The summed E-state index contributed by atoms with van der Waals surface area (Å²) in [6, 6.07) is 0. The zero-order valence-corrected chi connectivity index (χ0v) is 13.8. The normalized spacial score (nSPS) is 22.0. The molecule has 0 unspecified atom stereocenters. The Balaban J connectivity index is 1.78. The molecule has 0 spiro atoms. The first-order chi connectivity index (χ1) is 10.2. The molecule has 0 radical (unpaired) electrons. The Hall–Kier alpha value is -1.10. The van der Waals surface area contributed by atoms with E-state index in [1.165, 1.54) is 32.1 Å². The standard InChI is InChI=1S/C15H26ClN5/c1-3-9-17-14-19-13(16)20-15(21-14)18-10-8-12-6-4-11(2)5-7-12/h11-12H,3-10H2,1-2H3,(H2,17,18,19,20,21). The molecule has 1 aliphatic rings. The highest BCUT2D eigenvalue weighted by molar-refractivity contribution is 6.28. The van der Waals surface area contributed by atoms with Crippen LogP contribution in [0, 0.1) is 11.8 Å². The monoisotopic (exact) mass is 311 g/mol. The number of aromatic nitrogens is 3. The van der Waals surface area contributed by atoms with Gasteiger partial charge in [-0.3, -0.25) is 0 Å². The summed E-state index contributed by atoms with van der Waals surface area (Å²) in [5.41, 5.74) is 0. The van der Waals surface area contributed by atoms with Crippen molar-refractivity contribution in [2.24, 2.45) is 11.8 Å². The minimum atomic E-state index is 0.234. The molecular formula is C15H26ClN5. The van der Waals surface area contributed by atoms with E-state index in [4.69, 9.17) is 11.6 Å². The zero-order chi connectivity index (χ0) is 15.1. The van der Waals surface area contributed by atoms with Crippen molar-refractivity contribution in [3.8, 4) is 0 Å². The van der Waals surface area contributed by atoms with Gasteiger partial charge in [0.1, 0.15) is 0 Å². The van der Waals surface area contributed by atoms with E-state index in [-0.39, 0.29) is 5.28 Å². The van der Waals surface area contributed by atoms with E-state index in [2.05, 4.69) is 39.4 Å². The fraction of sp³-hybridized carbons (Fsp3) is 0.800. The molecule has 1 fully saturated rings. The van der Waals surface area contributed by atoms with Crippen LogP contribution in [0.2, 0.25) is 5.28 Å². The molecule has 21 heavy (non-hydrogen) atoms. The maximum atomic E-state index is 5.93. The lowest BCUT2D eigenvalue weighted by atomic mass is 9.81. The van der Waals surface area contributed by atoms with E-state index in [1.54, 1.807) is 0 Å². The Morgan fingerprint density at radius 3 is 2.24 bits per heavy atom. The van der Waals surface area contributed by atoms with Crippen LogP contribution in [-0.4, -0.2) is 28.0 Å². The third-order valence-electron chi connectivity index (χ3n) is 4.11. The number of nitrogens with zero attached hydrogens (tertiary/aromatic N) is 3. The van der Waals surface area contributed by atoms with E-state index in [0.717, 1.165) is 31.3 Å². The van der Waals surface area contributed by atoms with Gasteiger partial charge in [0.25, 0.3) is 0 Å². The fourth-order valence-corrected chi connectivity index (χ4v) is 2.91. The van der Waals surface area contributed by atoms with Gasteiger partial charge in [0.15, 0.2) is 0 Å². The Morgan fingerprint density at radius 1 is 1.00 bits per heavy atom. The van der Waals surface area contributed by atoms with Crippen LogP contribution in [0.3, 0.4) is 0 Å². The van der Waals surface area contributed by atoms with Gasteiger partial charge in [-0.15, -0.1) is 0 Å². The topological polar surface area (TPSA) is 62.7 Å². The predicted octanol–water partition coefficient (Wildman–Crippen LogP) is 3.98. The molecule has 0 bridgehead atoms. The van der Waals surface area contributed by atoms with Crippen molar-refractivity contribution in [2.45, 2.75) is 52.4 Å². The number of anilines is 2. The molecule has 1 aliphatic carbocycles. The number of halogens is 1. The van der Waals surface area contributed by atoms with Crippen LogP contribution in [0.1, 0.15) is 52.4 Å². The van der Waals surface area contributed by atoms with Crippen molar-refractivity contribution in [2.75, 3.05) is 23.7 Å². The fourth-order valence-electron chi connectivity index (χ4n) is 2.75. The summed E-state index contributed by atoms with van der Waals surface area (Å²) in [5.74, 6) is 2.86.